The van der Waals surface area contributed by atoms with Crippen LogP contribution in [-0.2, 0) is 4.79 Å². The molecule has 12 heavy (non-hydrogen) atoms. The third kappa shape index (κ3) is 1.46. The van der Waals surface area contributed by atoms with Crippen LogP contribution < -0.4 is 5.32 Å². The van der Waals surface area contributed by atoms with E-state index in [-0.39, 0.29) is 18.1 Å². The van der Waals surface area contributed by atoms with Gasteiger partial charge < -0.3 is 4.90 Å². The molecule has 0 saturated carbocycles. The molecule has 2 atom stereocenters. The van der Waals surface area contributed by atoms with Crippen LogP contribution in [0.4, 0.5) is 0 Å². The molecule has 0 bridgehead atoms. The van der Waals surface area contributed by atoms with Gasteiger partial charge >= 0.3 is 0 Å². The molecule has 1 aliphatic heterocycles. The lowest BCUT2D eigenvalue weighted by molar-refractivity contribution is -0.129. The largest absolute Gasteiger partial charge is 0.326 e. The first-order valence-electron chi connectivity index (χ1n) is 4.81. The van der Waals surface area contributed by atoms with Gasteiger partial charge in [-0.1, -0.05) is 13.8 Å². The summed E-state index contributed by atoms with van der Waals surface area (Å²) in [5, 5.41) is 3.32. The Kier molecular flexibility index (Phi) is 3.09. The summed E-state index contributed by atoms with van der Waals surface area (Å²) in [6.07, 6.45) is 2.16. The fraction of sp³-hybridized carbons (Fsp3) is 0.889. The lowest BCUT2D eigenvalue weighted by Gasteiger charge is -2.20. The van der Waals surface area contributed by atoms with E-state index in [0.717, 1.165) is 19.4 Å². The van der Waals surface area contributed by atoms with E-state index in [1.54, 1.807) is 0 Å². The fourth-order valence-corrected chi connectivity index (χ4v) is 1.75. The lowest BCUT2D eigenvalue weighted by Crippen LogP contribution is -2.36. The van der Waals surface area contributed by atoms with Crippen molar-refractivity contribution in [1.82, 2.24) is 10.2 Å². The summed E-state index contributed by atoms with van der Waals surface area (Å²) >= 11 is 0. The Hall–Kier alpha value is -0.570. The molecule has 0 aromatic heterocycles. The molecular formula is C9H18N2O. The van der Waals surface area contributed by atoms with Gasteiger partial charge in [0, 0.05) is 6.54 Å². The second kappa shape index (κ2) is 3.90. The van der Waals surface area contributed by atoms with Gasteiger partial charge in [-0.2, -0.15) is 0 Å². The highest BCUT2D eigenvalue weighted by molar-refractivity contribution is 5.84. The highest BCUT2D eigenvalue weighted by Crippen LogP contribution is 2.14. The van der Waals surface area contributed by atoms with E-state index in [9.17, 15) is 4.79 Å². The van der Waals surface area contributed by atoms with Crippen LogP contribution in [0.1, 0.15) is 33.6 Å². The van der Waals surface area contributed by atoms with Gasteiger partial charge in [-0.3, -0.25) is 10.1 Å². The van der Waals surface area contributed by atoms with Crippen LogP contribution in [-0.4, -0.2) is 29.6 Å². The first-order chi connectivity index (χ1) is 5.74. The van der Waals surface area contributed by atoms with Gasteiger partial charge in [0.05, 0.1) is 12.2 Å². The van der Waals surface area contributed by atoms with Crippen LogP contribution in [0.3, 0.4) is 0 Å². The monoisotopic (exact) mass is 170 g/mol. The average Bonchev–Trinajstić information content (AvgIpc) is 2.41. The molecule has 1 N–H and O–H groups in total. The molecule has 0 aliphatic carbocycles. The zero-order valence-electron chi connectivity index (χ0n) is 8.13. The number of nitrogens with zero attached hydrogens (tertiary/aromatic N) is 1. The minimum Gasteiger partial charge on any atom is -0.326 e. The van der Waals surface area contributed by atoms with E-state index < -0.39 is 0 Å². The molecular weight excluding hydrogens is 152 g/mol. The van der Waals surface area contributed by atoms with Crippen molar-refractivity contribution in [3.8, 4) is 0 Å². The molecule has 70 valence electrons. The average molecular weight is 170 g/mol. The summed E-state index contributed by atoms with van der Waals surface area (Å²) in [6.45, 7) is 6.99. The molecule has 3 heteroatoms. The third-order valence-electron chi connectivity index (χ3n) is 2.49. The van der Waals surface area contributed by atoms with E-state index in [4.69, 9.17) is 0 Å². The number of hydrogen-bond acceptors (Lipinski definition) is 2. The Morgan fingerprint density at radius 1 is 1.33 bits per heavy atom. The predicted molar refractivity (Wildman–Crippen MR) is 48.7 cm³/mol. The summed E-state index contributed by atoms with van der Waals surface area (Å²) in [4.78, 5) is 13.5. The SMILES string of the molecule is CCC1NC(CC)N(CC)C1=O. The Morgan fingerprint density at radius 2 is 2.00 bits per heavy atom. The number of carbonyl (C=O) groups excluding carboxylic acids is 1. The maximum absolute atomic E-state index is 11.6. The quantitative estimate of drug-likeness (QED) is 0.684. The molecule has 1 amide bonds. The van der Waals surface area contributed by atoms with Crippen LogP contribution in [0.25, 0.3) is 0 Å². The summed E-state index contributed by atoms with van der Waals surface area (Å²) in [7, 11) is 0. The van der Waals surface area contributed by atoms with Crippen molar-refractivity contribution in [3.63, 3.8) is 0 Å². The molecule has 3 nitrogen and oxygen atoms in total. The first kappa shape index (κ1) is 9.52. The predicted octanol–water partition coefficient (Wildman–Crippen LogP) is 0.953. The van der Waals surface area contributed by atoms with Crippen molar-refractivity contribution in [3.05, 3.63) is 0 Å². The molecule has 2 unspecified atom stereocenters. The summed E-state index contributed by atoms with van der Waals surface area (Å²) in [6, 6.07) is 0.0647. The number of rotatable bonds is 3. The highest BCUT2D eigenvalue weighted by atomic mass is 16.2. The molecule has 1 fully saturated rings. The zero-order valence-corrected chi connectivity index (χ0v) is 8.13. The fourth-order valence-electron chi connectivity index (χ4n) is 1.75. The van der Waals surface area contributed by atoms with Crippen molar-refractivity contribution in [2.45, 2.75) is 45.8 Å². The first-order valence-corrected chi connectivity index (χ1v) is 4.81. The molecule has 0 spiro atoms. The number of hydrogen-bond donors (Lipinski definition) is 1. The van der Waals surface area contributed by atoms with Gasteiger partial charge in [0.2, 0.25) is 5.91 Å². The Bertz CT molecular complexity index is 170. The van der Waals surface area contributed by atoms with Crippen molar-refractivity contribution in [2.24, 2.45) is 0 Å². The van der Waals surface area contributed by atoms with Crippen LogP contribution in [0.2, 0.25) is 0 Å². The third-order valence-corrected chi connectivity index (χ3v) is 2.49. The minimum absolute atomic E-state index is 0.0647. The van der Waals surface area contributed by atoms with E-state index in [1.165, 1.54) is 0 Å². The standard InChI is InChI=1S/C9H18N2O/c1-4-7-9(12)11(6-3)8(5-2)10-7/h7-8,10H,4-6H2,1-3H3. The van der Waals surface area contributed by atoms with Gasteiger partial charge in [0.1, 0.15) is 0 Å². The van der Waals surface area contributed by atoms with Crippen LogP contribution in [0, 0.1) is 0 Å². The smallest absolute Gasteiger partial charge is 0.240 e. The zero-order chi connectivity index (χ0) is 9.14. The van der Waals surface area contributed by atoms with Crippen LogP contribution in [0.15, 0.2) is 0 Å². The second-order valence-electron chi connectivity index (χ2n) is 3.18. The van der Waals surface area contributed by atoms with Crippen molar-refractivity contribution < 1.29 is 4.79 Å². The number of carbonyl (C=O) groups is 1. The Balaban J connectivity index is 2.65. The molecule has 0 radical (unpaired) electrons. The van der Waals surface area contributed by atoms with E-state index in [1.807, 2.05) is 18.7 Å². The maximum Gasteiger partial charge on any atom is 0.240 e. The number of likely N-dealkylation sites (N-methyl/N-ethyl adjacent to an activating group) is 1. The molecule has 1 rings (SSSR count). The Labute approximate surface area is 74.1 Å². The number of amides is 1. The van der Waals surface area contributed by atoms with E-state index in [0.29, 0.717) is 0 Å². The molecule has 1 saturated heterocycles. The molecule has 0 aromatic rings. The van der Waals surface area contributed by atoms with Crippen molar-refractivity contribution in [2.75, 3.05) is 6.54 Å². The van der Waals surface area contributed by atoms with Gasteiger partial charge in [0.15, 0.2) is 0 Å². The Morgan fingerprint density at radius 3 is 2.33 bits per heavy atom. The topological polar surface area (TPSA) is 32.3 Å². The summed E-state index contributed by atoms with van der Waals surface area (Å²) < 4.78 is 0. The van der Waals surface area contributed by atoms with Crippen molar-refractivity contribution in [1.29, 1.82) is 0 Å². The maximum atomic E-state index is 11.6. The number of nitrogens with one attached hydrogen (secondary N) is 1. The van der Waals surface area contributed by atoms with Gasteiger partial charge in [-0.15, -0.1) is 0 Å². The molecule has 1 heterocycles. The minimum atomic E-state index is 0.0647. The van der Waals surface area contributed by atoms with Crippen LogP contribution in [0.5, 0.6) is 0 Å². The lowest BCUT2D eigenvalue weighted by atomic mass is 10.2. The molecule has 1 aliphatic rings. The second-order valence-corrected chi connectivity index (χ2v) is 3.18. The summed E-state index contributed by atoms with van der Waals surface area (Å²) in [5.41, 5.74) is 0. The van der Waals surface area contributed by atoms with Gasteiger partial charge in [-0.25, -0.2) is 0 Å². The normalized spacial score (nSPS) is 29.9. The van der Waals surface area contributed by atoms with E-state index in [2.05, 4.69) is 12.2 Å². The summed E-state index contributed by atoms with van der Waals surface area (Å²) in [5.74, 6) is 0.270. The van der Waals surface area contributed by atoms with E-state index >= 15 is 0 Å². The molecule has 0 aromatic carbocycles. The van der Waals surface area contributed by atoms with Crippen LogP contribution >= 0.6 is 0 Å². The van der Waals surface area contributed by atoms with Crippen molar-refractivity contribution >= 4 is 5.91 Å². The highest BCUT2D eigenvalue weighted by Gasteiger charge is 2.35. The van der Waals surface area contributed by atoms with Gasteiger partial charge in [0.25, 0.3) is 0 Å². The van der Waals surface area contributed by atoms with Gasteiger partial charge in [-0.05, 0) is 19.8 Å².